The van der Waals surface area contributed by atoms with Crippen LogP contribution in [0.15, 0.2) is 18.2 Å². The monoisotopic (exact) mass is 313 g/mol. The molecule has 1 saturated heterocycles. The van der Waals surface area contributed by atoms with E-state index in [-0.39, 0.29) is 11.3 Å². The number of phenols is 1. The minimum atomic E-state index is -0.0478. The minimum Gasteiger partial charge on any atom is -0.508 e. The van der Waals surface area contributed by atoms with E-state index in [0.29, 0.717) is 35.8 Å². The van der Waals surface area contributed by atoms with Gasteiger partial charge in [0, 0.05) is 23.8 Å². The second-order valence-corrected chi connectivity index (χ2v) is 8.03. The van der Waals surface area contributed by atoms with E-state index in [4.69, 9.17) is 0 Å². The van der Waals surface area contributed by atoms with Gasteiger partial charge >= 0.3 is 0 Å². The lowest BCUT2D eigenvalue weighted by atomic mass is 9.47. The maximum Gasteiger partial charge on any atom is 0.136 e. The number of hydrogen-bond acceptors (Lipinski definition) is 3. The van der Waals surface area contributed by atoms with Gasteiger partial charge in [-0.15, -0.1) is 0 Å². The summed E-state index contributed by atoms with van der Waals surface area (Å²) in [4.78, 5) is 15.3. The predicted molar refractivity (Wildman–Crippen MR) is 90.6 cm³/mol. The lowest BCUT2D eigenvalue weighted by Crippen LogP contribution is -2.64. The summed E-state index contributed by atoms with van der Waals surface area (Å²) in [5, 5.41) is 10.1. The zero-order chi connectivity index (χ0) is 16.4. The molecular weight excluding hydrogens is 286 g/mol. The maximum absolute atomic E-state index is 12.8. The zero-order valence-electron chi connectivity index (χ0n) is 14.4. The third-order valence-electron chi connectivity index (χ3n) is 7.16. The van der Waals surface area contributed by atoms with Crippen LogP contribution < -0.4 is 0 Å². The molecule has 2 aliphatic carbocycles. The molecule has 3 nitrogen and oxygen atoms in total. The first-order chi connectivity index (χ1) is 11.0. The molecule has 2 unspecified atom stereocenters. The predicted octanol–water partition coefficient (Wildman–Crippen LogP) is 3.14. The summed E-state index contributed by atoms with van der Waals surface area (Å²) in [5.41, 5.74) is 2.56. The largest absolute Gasteiger partial charge is 0.508 e. The van der Waals surface area contributed by atoms with Crippen molar-refractivity contribution < 1.29 is 9.90 Å². The summed E-state index contributed by atoms with van der Waals surface area (Å²) in [6.07, 6.45) is 3.82. The Kier molecular flexibility index (Phi) is 3.35. The van der Waals surface area contributed by atoms with E-state index in [2.05, 4.69) is 31.9 Å². The molecule has 0 spiro atoms. The van der Waals surface area contributed by atoms with Gasteiger partial charge in [-0.1, -0.05) is 26.3 Å². The Morgan fingerprint density at radius 3 is 2.91 bits per heavy atom. The number of rotatable bonds is 1. The molecule has 3 heteroatoms. The second-order valence-electron chi connectivity index (χ2n) is 8.03. The smallest absolute Gasteiger partial charge is 0.136 e. The van der Waals surface area contributed by atoms with E-state index < -0.39 is 0 Å². The molecule has 1 aromatic carbocycles. The molecule has 124 valence electrons. The summed E-state index contributed by atoms with van der Waals surface area (Å²) in [6, 6.07) is 6.37. The molecule has 0 aromatic heterocycles. The molecule has 1 aromatic rings. The van der Waals surface area contributed by atoms with Gasteiger partial charge in [0.25, 0.3) is 0 Å². The fourth-order valence-corrected chi connectivity index (χ4v) is 6.00. The van der Waals surface area contributed by atoms with E-state index in [0.717, 1.165) is 25.8 Å². The molecule has 1 heterocycles. The highest BCUT2D eigenvalue weighted by molar-refractivity contribution is 5.84. The molecule has 1 aliphatic heterocycles. The topological polar surface area (TPSA) is 40.5 Å². The number of Topliss-reactive ketones (excluding diaryl/α,β-unsaturated/α-hetero) is 1. The average Bonchev–Trinajstić information content (AvgIpc) is 2.53. The first-order valence-electron chi connectivity index (χ1n) is 9.03. The van der Waals surface area contributed by atoms with Gasteiger partial charge in [0.1, 0.15) is 11.5 Å². The lowest BCUT2D eigenvalue weighted by Gasteiger charge is -2.61. The van der Waals surface area contributed by atoms with Crippen LogP contribution in [0.4, 0.5) is 0 Å². The SMILES string of the molecule is CC[C@H]1[C@H](C)C(=O)CC23CCN(C)C(Cc4ccc(O)cc42)[C@H]13. The van der Waals surface area contributed by atoms with Crippen LogP contribution in [0.25, 0.3) is 0 Å². The second kappa shape index (κ2) is 5.07. The number of ketones is 1. The van der Waals surface area contributed by atoms with Crippen molar-refractivity contribution >= 4 is 5.78 Å². The highest BCUT2D eigenvalue weighted by Gasteiger charge is 2.59. The van der Waals surface area contributed by atoms with Gasteiger partial charge in [-0.25, -0.2) is 0 Å². The summed E-state index contributed by atoms with van der Waals surface area (Å²) in [7, 11) is 2.24. The third-order valence-corrected chi connectivity index (χ3v) is 7.16. The van der Waals surface area contributed by atoms with E-state index in [9.17, 15) is 9.90 Å². The van der Waals surface area contributed by atoms with Gasteiger partial charge in [0.2, 0.25) is 0 Å². The molecule has 3 aliphatic rings. The fraction of sp³-hybridized carbons (Fsp3) is 0.650. The Hall–Kier alpha value is -1.35. The van der Waals surface area contributed by atoms with Crippen molar-refractivity contribution in [1.82, 2.24) is 4.90 Å². The van der Waals surface area contributed by atoms with Gasteiger partial charge in [-0.05, 0) is 61.5 Å². The van der Waals surface area contributed by atoms with Gasteiger partial charge in [0.15, 0.2) is 0 Å². The fourth-order valence-electron chi connectivity index (χ4n) is 6.00. The molecule has 0 radical (unpaired) electrons. The van der Waals surface area contributed by atoms with Crippen LogP contribution in [0.2, 0.25) is 0 Å². The van der Waals surface area contributed by atoms with E-state index in [1.54, 1.807) is 6.07 Å². The average molecular weight is 313 g/mol. The van der Waals surface area contributed by atoms with Gasteiger partial charge in [-0.2, -0.15) is 0 Å². The summed E-state index contributed by atoms with van der Waals surface area (Å²) in [6.45, 7) is 5.42. The number of fused-ring (bicyclic) bond motifs is 1. The number of likely N-dealkylation sites (tertiary alicyclic amines) is 1. The van der Waals surface area contributed by atoms with Gasteiger partial charge in [-0.3, -0.25) is 4.79 Å². The first-order valence-corrected chi connectivity index (χ1v) is 9.03. The molecule has 23 heavy (non-hydrogen) atoms. The number of carbonyl (C=O) groups is 1. The van der Waals surface area contributed by atoms with Crippen molar-refractivity contribution in [1.29, 1.82) is 0 Å². The van der Waals surface area contributed by atoms with E-state index in [1.165, 1.54) is 11.1 Å². The molecule has 2 bridgehead atoms. The number of phenolic OH excluding ortho intramolecular Hbond substituents is 1. The maximum atomic E-state index is 12.8. The molecule has 4 rings (SSSR count). The highest BCUT2D eigenvalue weighted by atomic mass is 16.3. The molecule has 5 atom stereocenters. The van der Waals surface area contributed by atoms with Crippen LogP contribution in [0, 0.1) is 17.8 Å². The van der Waals surface area contributed by atoms with Crippen LogP contribution in [0.3, 0.4) is 0 Å². The van der Waals surface area contributed by atoms with Gasteiger partial charge in [0.05, 0.1) is 0 Å². The Bertz CT molecular complexity index is 655. The molecule has 1 saturated carbocycles. The summed E-state index contributed by atoms with van der Waals surface area (Å²) < 4.78 is 0. The van der Waals surface area contributed by atoms with Crippen molar-refractivity contribution in [2.45, 2.75) is 51.0 Å². The Labute approximate surface area is 138 Å². The summed E-state index contributed by atoms with van der Waals surface area (Å²) in [5.74, 6) is 1.93. The van der Waals surface area contributed by atoms with Gasteiger partial charge < -0.3 is 10.0 Å². The zero-order valence-corrected chi connectivity index (χ0v) is 14.4. The highest BCUT2D eigenvalue weighted by Crippen LogP contribution is 2.58. The first kappa shape index (κ1) is 15.2. The van der Waals surface area contributed by atoms with Crippen molar-refractivity contribution in [3.63, 3.8) is 0 Å². The molecular formula is C20H27NO2. The normalized spacial score (nSPS) is 39.7. The Morgan fingerprint density at radius 1 is 1.39 bits per heavy atom. The summed E-state index contributed by atoms with van der Waals surface area (Å²) >= 11 is 0. The quantitative estimate of drug-likeness (QED) is 0.866. The molecule has 1 N–H and O–H groups in total. The minimum absolute atomic E-state index is 0.0478. The van der Waals surface area contributed by atoms with Crippen molar-refractivity contribution in [2.24, 2.45) is 17.8 Å². The van der Waals surface area contributed by atoms with Crippen LogP contribution in [0.5, 0.6) is 5.75 Å². The molecule has 2 fully saturated rings. The number of piperidine rings is 1. The Balaban J connectivity index is 1.94. The van der Waals surface area contributed by atoms with Crippen LogP contribution >= 0.6 is 0 Å². The number of carbonyl (C=O) groups excluding carboxylic acids is 1. The van der Waals surface area contributed by atoms with Crippen molar-refractivity contribution in [2.75, 3.05) is 13.6 Å². The number of hydrogen-bond donors (Lipinski definition) is 1. The lowest BCUT2D eigenvalue weighted by molar-refractivity contribution is -0.138. The van der Waals surface area contributed by atoms with E-state index in [1.807, 2.05) is 6.07 Å². The third kappa shape index (κ3) is 1.95. The number of benzene rings is 1. The van der Waals surface area contributed by atoms with Crippen LogP contribution in [-0.2, 0) is 16.6 Å². The standard InChI is InChI=1S/C20H27NO2/c1-4-15-12(2)18(23)11-20-7-8-21(3)17(19(15)20)9-13-5-6-14(22)10-16(13)20/h5-6,10,12,15,17,19,22H,4,7-9,11H2,1-3H3/t12-,15-,17?,19-,20?/m0/s1. The Morgan fingerprint density at radius 2 is 2.17 bits per heavy atom. The van der Waals surface area contributed by atoms with Crippen molar-refractivity contribution in [3.8, 4) is 5.75 Å². The van der Waals surface area contributed by atoms with Crippen LogP contribution in [-0.4, -0.2) is 35.4 Å². The number of nitrogens with zero attached hydrogens (tertiary/aromatic N) is 1. The molecule has 0 amide bonds. The van der Waals surface area contributed by atoms with Crippen molar-refractivity contribution in [3.05, 3.63) is 29.3 Å². The van der Waals surface area contributed by atoms with E-state index >= 15 is 0 Å². The van der Waals surface area contributed by atoms with Crippen LogP contribution in [0.1, 0.15) is 44.2 Å². The number of likely N-dealkylation sites (N-methyl/N-ethyl adjacent to an activating group) is 1. The number of aromatic hydroxyl groups is 1.